The smallest absolute Gasteiger partial charge is 0.159 e. The molecule has 1 aromatic heterocycles. The van der Waals surface area contributed by atoms with E-state index in [1.165, 1.54) is 17.4 Å². The van der Waals surface area contributed by atoms with E-state index in [-0.39, 0.29) is 0 Å². The Balaban J connectivity index is 1.57. The molecule has 3 aromatic rings. The van der Waals surface area contributed by atoms with Gasteiger partial charge in [0.1, 0.15) is 30.5 Å². The summed E-state index contributed by atoms with van der Waals surface area (Å²) in [4.78, 5) is 1.83. The molecule has 0 aliphatic carbocycles. The predicted molar refractivity (Wildman–Crippen MR) is 116 cm³/mol. The van der Waals surface area contributed by atoms with Gasteiger partial charge in [-0.3, -0.25) is 0 Å². The van der Waals surface area contributed by atoms with Crippen molar-refractivity contribution in [2.45, 2.75) is 43.9 Å². The molecule has 0 unspecified atom stereocenters. The number of hydrogen-bond acceptors (Lipinski definition) is 6. The molecule has 0 radical (unpaired) electrons. The molecule has 2 aromatic carbocycles. The summed E-state index contributed by atoms with van der Waals surface area (Å²) in [5.41, 5.74) is 3.21. The van der Waals surface area contributed by atoms with Crippen molar-refractivity contribution >= 4 is 11.3 Å². The van der Waals surface area contributed by atoms with Gasteiger partial charge < -0.3 is 25.2 Å². The fourth-order valence-electron chi connectivity index (χ4n) is 3.90. The minimum Gasteiger partial charge on any atom is -0.394 e. The Hall–Kier alpha value is -2.20. The van der Waals surface area contributed by atoms with Crippen LogP contribution in [0.4, 0.5) is 8.78 Å². The molecule has 5 nitrogen and oxygen atoms in total. The van der Waals surface area contributed by atoms with Gasteiger partial charge in [0.25, 0.3) is 0 Å². The van der Waals surface area contributed by atoms with Crippen LogP contribution < -0.4 is 0 Å². The van der Waals surface area contributed by atoms with Gasteiger partial charge in [-0.2, -0.15) is 0 Å². The van der Waals surface area contributed by atoms with Gasteiger partial charge >= 0.3 is 0 Å². The number of aryl methyl sites for hydroxylation is 1. The molecule has 1 fully saturated rings. The summed E-state index contributed by atoms with van der Waals surface area (Å²) in [5, 5.41) is 40.0. The number of rotatable bonds is 5. The molecule has 1 saturated heterocycles. The Labute approximate surface area is 188 Å². The standard InChI is InChI=1S/C24H24F2O5S/c1-12-2-3-14(24-23(30)22(29)21(28)19(11-27)31-24)8-15(12)9-16-5-7-20(32-16)13-4-6-17(25)18(26)10-13/h2-8,10,19,21-24,27-30H,9,11H2,1H3/t19-,21-,22+,23-,24+/m1/s1. The summed E-state index contributed by atoms with van der Waals surface area (Å²) in [6.45, 7) is 1.47. The van der Waals surface area contributed by atoms with Gasteiger partial charge in [-0.1, -0.05) is 24.3 Å². The second-order valence-electron chi connectivity index (χ2n) is 8.01. The zero-order valence-electron chi connectivity index (χ0n) is 17.3. The van der Waals surface area contributed by atoms with Crippen molar-refractivity contribution < 1.29 is 33.9 Å². The number of aliphatic hydroxyl groups is 4. The summed E-state index contributed by atoms with van der Waals surface area (Å²) in [5.74, 6) is -1.77. The summed E-state index contributed by atoms with van der Waals surface area (Å²) >= 11 is 1.47. The Morgan fingerprint density at radius 2 is 1.69 bits per heavy atom. The lowest BCUT2D eigenvalue weighted by Crippen LogP contribution is -2.55. The number of aliphatic hydroxyl groups excluding tert-OH is 4. The summed E-state index contributed by atoms with van der Waals surface area (Å²) in [6, 6.07) is 13.2. The van der Waals surface area contributed by atoms with E-state index >= 15 is 0 Å². The fourth-order valence-corrected chi connectivity index (χ4v) is 4.93. The summed E-state index contributed by atoms with van der Waals surface area (Å²) < 4.78 is 32.5. The third-order valence-electron chi connectivity index (χ3n) is 5.82. The van der Waals surface area contributed by atoms with Crippen LogP contribution in [-0.4, -0.2) is 51.4 Å². The van der Waals surface area contributed by atoms with Gasteiger partial charge in [-0.25, -0.2) is 8.78 Å². The molecule has 1 aliphatic rings. The van der Waals surface area contributed by atoms with Crippen LogP contribution in [0.1, 0.15) is 27.7 Å². The monoisotopic (exact) mass is 462 g/mol. The number of hydrogen-bond donors (Lipinski definition) is 4. The van der Waals surface area contributed by atoms with Crippen LogP contribution in [0.25, 0.3) is 10.4 Å². The van der Waals surface area contributed by atoms with Crippen LogP contribution >= 0.6 is 11.3 Å². The molecular formula is C24H24F2O5S. The second-order valence-corrected chi connectivity index (χ2v) is 9.18. The maximum Gasteiger partial charge on any atom is 0.159 e. The third-order valence-corrected chi connectivity index (χ3v) is 6.96. The molecule has 8 heteroatoms. The fraction of sp³-hybridized carbons (Fsp3) is 0.333. The number of thiophene rings is 1. The average Bonchev–Trinajstić information content (AvgIpc) is 3.24. The Bertz CT molecular complexity index is 1100. The van der Waals surface area contributed by atoms with Crippen molar-refractivity contribution in [3.8, 4) is 10.4 Å². The van der Waals surface area contributed by atoms with Crippen LogP contribution in [0.5, 0.6) is 0 Å². The van der Waals surface area contributed by atoms with Gasteiger partial charge in [0.05, 0.1) is 6.61 Å². The molecule has 5 atom stereocenters. The Kier molecular flexibility index (Phi) is 6.71. The van der Waals surface area contributed by atoms with E-state index in [0.29, 0.717) is 17.5 Å². The first-order valence-electron chi connectivity index (χ1n) is 10.2. The van der Waals surface area contributed by atoms with Crippen LogP contribution in [-0.2, 0) is 11.2 Å². The van der Waals surface area contributed by atoms with Crippen molar-refractivity contribution in [2.75, 3.05) is 6.61 Å². The first kappa shape index (κ1) is 23.0. The van der Waals surface area contributed by atoms with E-state index in [9.17, 15) is 29.2 Å². The van der Waals surface area contributed by atoms with Crippen LogP contribution in [0.15, 0.2) is 48.5 Å². The minimum atomic E-state index is -1.44. The zero-order chi connectivity index (χ0) is 23.0. The molecule has 0 saturated carbocycles. The van der Waals surface area contributed by atoms with Crippen molar-refractivity contribution in [2.24, 2.45) is 0 Å². The van der Waals surface area contributed by atoms with E-state index in [1.54, 1.807) is 12.1 Å². The number of benzene rings is 2. The van der Waals surface area contributed by atoms with E-state index in [2.05, 4.69) is 0 Å². The molecule has 32 heavy (non-hydrogen) atoms. The molecule has 0 spiro atoms. The van der Waals surface area contributed by atoms with Gasteiger partial charge in [0.2, 0.25) is 0 Å². The molecule has 1 aliphatic heterocycles. The van der Waals surface area contributed by atoms with Crippen LogP contribution in [0.2, 0.25) is 0 Å². The van der Waals surface area contributed by atoms with Crippen molar-refractivity contribution in [3.63, 3.8) is 0 Å². The van der Waals surface area contributed by atoms with Gasteiger partial charge in [-0.15, -0.1) is 11.3 Å². The second kappa shape index (κ2) is 9.35. The SMILES string of the molecule is Cc1ccc([C@@H]2O[C@H](CO)[C@@H](O)[C@H](O)[C@H]2O)cc1Cc1ccc(-c2ccc(F)c(F)c2)s1. The topological polar surface area (TPSA) is 90.2 Å². The quantitative estimate of drug-likeness (QED) is 0.468. The Morgan fingerprint density at radius 1 is 0.906 bits per heavy atom. The van der Waals surface area contributed by atoms with E-state index in [1.807, 2.05) is 31.2 Å². The highest BCUT2D eigenvalue weighted by Crippen LogP contribution is 2.35. The normalized spacial score (nSPS) is 25.8. The largest absolute Gasteiger partial charge is 0.394 e. The first-order valence-corrected chi connectivity index (χ1v) is 11.0. The van der Waals surface area contributed by atoms with E-state index in [0.717, 1.165) is 26.9 Å². The van der Waals surface area contributed by atoms with Gasteiger partial charge in [0.15, 0.2) is 11.6 Å². The molecule has 170 valence electrons. The molecule has 0 amide bonds. The highest BCUT2D eigenvalue weighted by atomic mass is 32.1. The minimum absolute atomic E-state index is 0.484. The Morgan fingerprint density at radius 3 is 2.41 bits per heavy atom. The van der Waals surface area contributed by atoms with Crippen LogP contribution in [0, 0.1) is 18.6 Å². The van der Waals surface area contributed by atoms with Crippen molar-refractivity contribution in [1.29, 1.82) is 0 Å². The van der Waals surface area contributed by atoms with Gasteiger partial charge in [0, 0.05) is 16.2 Å². The van der Waals surface area contributed by atoms with Gasteiger partial charge in [-0.05, 0) is 53.4 Å². The summed E-state index contributed by atoms with van der Waals surface area (Å²) in [7, 11) is 0. The molecular weight excluding hydrogens is 438 g/mol. The van der Waals surface area contributed by atoms with Crippen molar-refractivity contribution in [1.82, 2.24) is 0 Å². The lowest BCUT2D eigenvalue weighted by molar-refractivity contribution is -0.231. The highest BCUT2D eigenvalue weighted by molar-refractivity contribution is 7.15. The van der Waals surface area contributed by atoms with Crippen LogP contribution in [0.3, 0.4) is 0 Å². The highest BCUT2D eigenvalue weighted by Gasteiger charge is 2.43. The van der Waals surface area contributed by atoms with E-state index in [4.69, 9.17) is 4.74 Å². The molecule has 4 N–H and O–H groups in total. The first-order chi connectivity index (χ1) is 15.3. The van der Waals surface area contributed by atoms with Crippen molar-refractivity contribution in [3.05, 3.63) is 81.7 Å². The number of ether oxygens (including phenoxy) is 1. The third kappa shape index (κ3) is 4.47. The lowest BCUT2D eigenvalue weighted by atomic mass is 9.89. The maximum absolute atomic E-state index is 13.6. The average molecular weight is 463 g/mol. The zero-order valence-corrected chi connectivity index (χ0v) is 18.1. The molecule has 0 bridgehead atoms. The summed E-state index contributed by atoms with van der Waals surface area (Å²) in [6.07, 6.45) is -5.48. The molecule has 2 heterocycles. The lowest BCUT2D eigenvalue weighted by Gasteiger charge is -2.40. The predicted octanol–water partition coefficient (Wildman–Crippen LogP) is 3.11. The number of halogens is 2. The molecule has 4 rings (SSSR count). The van der Waals surface area contributed by atoms with E-state index < -0.39 is 48.8 Å². The maximum atomic E-state index is 13.6.